The Bertz CT molecular complexity index is 2800. The van der Waals surface area contributed by atoms with Crippen molar-refractivity contribution in [2.75, 3.05) is 0 Å². The first-order valence-electron chi connectivity index (χ1n) is 20.7. The smallest absolute Gasteiger partial charge is 0.143 e. The molecule has 333 valence electrons. The zero-order valence-electron chi connectivity index (χ0n) is 36.9. The molecule has 0 atom stereocenters. The molecule has 64 heavy (non-hydrogen) atoms. The van der Waals surface area contributed by atoms with Crippen LogP contribution in [-0.2, 0) is 66.7 Å². The molecule has 0 saturated carbocycles. The largest absolute Gasteiger partial charge is 0.262 e. The van der Waals surface area contributed by atoms with E-state index in [1.807, 2.05) is 130 Å². The fourth-order valence-corrected chi connectivity index (χ4v) is 6.70. The minimum atomic E-state index is 0. The van der Waals surface area contributed by atoms with Crippen LogP contribution < -0.4 is 0 Å². The van der Waals surface area contributed by atoms with E-state index >= 15 is 0 Å². The van der Waals surface area contributed by atoms with Gasteiger partial charge in [0.15, 0.2) is 0 Å². The predicted molar refractivity (Wildman–Crippen MR) is 244 cm³/mol. The topological polar surface area (TPSA) is 92.1 Å². The number of rotatable bonds is 9. The zero-order valence-corrected chi connectivity index (χ0v) is 44.1. The Morgan fingerprint density at radius 1 is 0.453 bits per heavy atom. The average molecular weight is 1380 g/mol. The second-order valence-electron chi connectivity index (χ2n) is 15.0. The predicted octanol–water partition coefficient (Wildman–Crippen LogP) is 11.5. The molecule has 0 aliphatic heterocycles. The van der Waals surface area contributed by atoms with E-state index in [-0.39, 0.29) is 66.2 Å². The molecule has 0 aliphatic rings. The maximum absolute atomic E-state index is 4.72. The summed E-state index contributed by atoms with van der Waals surface area (Å²) in [5.41, 5.74) is 9.59. The van der Waals surface area contributed by atoms with Gasteiger partial charge in [0.1, 0.15) is 17.5 Å². The summed E-state index contributed by atoms with van der Waals surface area (Å²) >= 11 is 0. The van der Waals surface area contributed by atoms with Gasteiger partial charge in [0, 0.05) is 72.7 Å². The van der Waals surface area contributed by atoms with Crippen LogP contribution in [0, 0.1) is 45.9 Å². The van der Waals surface area contributed by atoms with Gasteiger partial charge in [-0.1, -0.05) is 75.4 Å². The summed E-state index contributed by atoms with van der Waals surface area (Å²) < 4.78 is 5.75. The van der Waals surface area contributed by atoms with Crippen LogP contribution in [0.25, 0.3) is 51.2 Å². The number of aryl methyl sites for hydroxylation is 5. The van der Waals surface area contributed by atoms with Crippen molar-refractivity contribution >= 4 is 0 Å². The molecule has 0 unspecified atom stereocenters. The minimum absolute atomic E-state index is 0. The van der Waals surface area contributed by atoms with E-state index in [1.54, 1.807) is 0 Å². The summed E-state index contributed by atoms with van der Waals surface area (Å²) in [7, 11) is 0. The third kappa shape index (κ3) is 12.5. The summed E-state index contributed by atoms with van der Waals surface area (Å²) in [5.74, 6) is 5.31. The molecule has 0 saturated heterocycles. The quantitative estimate of drug-likeness (QED) is 0.134. The molecule has 6 aromatic carbocycles. The van der Waals surface area contributed by atoms with Crippen molar-refractivity contribution in [3.8, 4) is 51.2 Å². The summed E-state index contributed by atoms with van der Waals surface area (Å²) in [4.78, 5) is 13.9. The van der Waals surface area contributed by atoms with Crippen LogP contribution in [0.1, 0.15) is 67.3 Å². The first-order valence-corrected chi connectivity index (χ1v) is 20.7. The second kappa shape index (κ2) is 24.7. The first kappa shape index (κ1) is 51.3. The second-order valence-corrected chi connectivity index (χ2v) is 15.0. The van der Waals surface area contributed by atoms with Gasteiger partial charge in [-0.2, -0.15) is 15.3 Å². The Hall–Kier alpha value is -5.31. The molecule has 0 aliphatic carbocycles. The molecule has 0 bridgehead atoms. The van der Waals surface area contributed by atoms with E-state index in [0.717, 1.165) is 81.5 Å². The Balaban J connectivity index is 0.000000206. The Kier molecular flexibility index (Phi) is 19.8. The number of aromatic nitrogens is 9. The molecule has 3 aromatic heterocycles. The van der Waals surface area contributed by atoms with Crippen LogP contribution in [0.15, 0.2) is 146 Å². The Morgan fingerprint density at radius 2 is 0.828 bits per heavy atom. The normalized spacial score (nSPS) is 10.3. The van der Waals surface area contributed by atoms with E-state index in [4.69, 9.17) is 20.2 Å². The van der Waals surface area contributed by atoms with Crippen LogP contribution in [-0.4, -0.2) is 44.3 Å². The van der Waals surface area contributed by atoms with E-state index in [0.29, 0.717) is 0 Å². The van der Waals surface area contributed by atoms with Crippen molar-refractivity contribution in [3.05, 3.63) is 198 Å². The molecule has 9 nitrogen and oxygen atoms in total. The molecule has 3 radical (unpaired) electrons. The fraction of sp³-hybridized carbons (Fsp3) is 0.192. The fourth-order valence-electron chi connectivity index (χ4n) is 6.70. The average Bonchev–Trinajstić information content (AvgIpc) is 4.03. The number of para-hydroxylation sites is 3. The molecule has 0 amide bonds. The van der Waals surface area contributed by atoms with Crippen LogP contribution >= 0.6 is 0 Å². The van der Waals surface area contributed by atoms with Gasteiger partial charge in [0.2, 0.25) is 0 Å². The third-order valence-electron chi connectivity index (χ3n) is 9.86. The van der Waals surface area contributed by atoms with Crippen molar-refractivity contribution in [1.82, 2.24) is 44.3 Å². The van der Waals surface area contributed by atoms with Gasteiger partial charge in [-0.25, -0.2) is 0 Å². The summed E-state index contributed by atoms with van der Waals surface area (Å²) in [5, 5.41) is 13.9. The molecule has 0 spiro atoms. The van der Waals surface area contributed by atoms with E-state index in [9.17, 15) is 0 Å². The summed E-state index contributed by atoms with van der Waals surface area (Å²) in [6, 6.07) is 57.9. The van der Waals surface area contributed by atoms with E-state index in [1.165, 1.54) is 16.7 Å². The number of hydrogen-bond acceptors (Lipinski definition) is 6. The van der Waals surface area contributed by atoms with Gasteiger partial charge in [-0.15, -0.1) is 108 Å². The Labute approximate surface area is 417 Å². The molecular formula is C52H50Ir3N9-3. The van der Waals surface area contributed by atoms with E-state index in [2.05, 4.69) is 106 Å². The monoisotopic (exact) mass is 1380 g/mol. The van der Waals surface area contributed by atoms with Gasteiger partial charge < -0.3 is 0 Å². The first-order chi connectivity index (χ1) is 29.7. The van der Waals surface area contributed by atoms with Crippen LogP contribution in [0.2, 0.25) is 0 Å². The zero-order chi connectivity index (χ0) is 42.7. The summed E-state index contributed by atoms with van der Waals surface area (Å²) in [6.45, 7) is 14.5. The standard InChI is InChI=1S/2C18H18N3.C16H14N3.3Ir/c1-13(2)17-19-18(15-10-5-4-6-11-15)21(20-17)16-12-8-7-9-14(16)3;1-3-9-17-19-18(15-11-5-4-6-12-15)21(20-17)16-13-8-7-10-14(16)2;1-12-8-6-7-11-15(12)19-16(17-13(2)18-19)14-9-4-3-5-10-14;;;/h4-10,12-13H,1-3H3;4-8,10-11,13H,3,9H2,1-2H3;3-9,11H,1-2H3;;;/q3*-1;;;. The maximum atomic E-state index is 4.72. The SMILES string of the molecule is CCCc1nc(-c2[c-]cccc2)n(-c2ccccc2C)n1.Cc1ccccc1-n1nc(C(C)C)nc1-c1[c-]cccc1.Cc1nc(-c2[c-]cccc2)n(-c2ccccc2C)n1.[Ir].[Ir].[Ir]. The summed E-state index contributed by atoms with van der Waals surface area (Å²) in [6.07, 6.45) is 1.93. The maximum Gasteiger partial charge on any atom is 0.143 e. The molecule has 9 aromatic rings. The van der Waals surface area contributed by atoms with Crippen molar-refractivity contribution in [3.63, 3.8) is 0 Å². The number of hydrogen-bond donors (Lipinski definition) is 0. The van der Waals surface area contributed by atoms with Gasteiger partial charge in [0.05, 0.1) is 34.5 Å². The van der Waals surface area contributed by atoms with Gasteiger partial charge in [-0.05, 0) is 69.0 Å². The van der Waals surface area contributed by atoms with Crippen LogP contribution in [0.4, 0.5) is 0 Å². The molecule has 3 heterocycles. The number of nitrogens with zero attached hydrogens (tertiary/aromatic N) is 9. The van der Waals surface area contributed by atoms with Crippen molar-refractivity contribution < 1.29 is 60.3 Å². The van der Waals surface area contributed by atoms with Gasteiger partial charge >= 0.3 is 0 Å². The van der Waals surface area contributed by atoms with Crippen molar-refractivity contribution in [1.29, 1.82) is 0 Å². The van der Waals surface area contributed by atoms with Crippen LogP contribution in [0.5, 0.6) is 0 Å². The molecule has 9 rings (SSSR count). The molecule has 0 fully saturated rings. The number of benzene rings is 6. The van der Waals surface area contributed by atoms with E-state index < -0.39 is 0 Å². The molecule has 12 heteroatoms. The third-order valence-corrected chi connectivity index (χ3v) is 9.86. The van der Waals surface area contributed by atoms with Crippen molar-refractivity contribution in [2.24, 2.45) is 0 Å². The van der Waals surface area contributed by atoms with Crippen LogP contribution in [0.3, 0.4) is 0 Å². The molecular weight excluding hydrogens is 1330 g/mol. The minimum Gasteiger partial charge on any atom is -0.262 e. The Morgan fingerprint density at radius 3 is 1.22 bits per heavy atom. The van der Waals surface area contributed by atoms with Crippen molar-refractivity contribution in [2.45, 2.75) is 67.2 Å². The van der Waals surface area contributed by atoms with Gasteiger partial charge in [-0.3, -0.25) is 29.0 Å². The molecule has 0 N–H and O–H groups in total. The van der Waals surface area contributed by atoms with Gasteiger partial charge in [0.25, 0.3) is 0 Å².